The normalized spacial score (nSPS) is 18.5. The summed E-state index contributed by atoms with van der Waals surface area (Å²) in [7, 11) is 0. The Labute approximate surface area is 175 Å². The summed E-state index contributed by atoms with van der Waals surface area (Å²) in [6.45, 7) is 0.897. The second kappa shape index (κ2) is 7.35. The van der Waals surface area contributed by atoms with Crippen LogP contribution in [0.1, 0.15) is 60.0 Å². The molecule has 0 bridgehead atoms. The fourth-order valence-corrected chi connectivity index (χ4v) is 5.16. The lowest BCUT2D eigenvalue weighted by atomic mass is 9.70. The summed E-state index contributed by atoms with van der Waals surface area (Å²) in [5.74, 6) is 0.636. The molecule has 0 saturated heterocycles. The number of amides is 1. The number of carbonyl (C=O) groups excluding carboxylic acids is 1. The first-order chi connectivity index (χ1) is 14.6. The molecule has 156 valence electrons. The molecule has 1 fully saturated rings. The summed E-state index contributed by atoms with van der Waals surface area (Å²) in [4.78, 5) is 26.6. The molecule has 6 heteroatoms. The maximum absolute atomic E-state index is 13.2. The summed E-state index contributed by atoms with van der Waals surface area (Å²) < 4.78 is 10.8. The Morgan fingerprint density at radius 2 is 1.80 bits per heavy atom. The molecule has 2 aromatic rings. The van der Waals surface area contributed by atoms with E-state index in [-0.39, 0.29) is 18.1 Å². The van der Waals surface area contributed by atoms with Gasteiger partial charge in [-0.2, -0.15) is 0 Å². The first-order valence-corrected chi connectivity index (χ1v) is 10.6. The molecule has 3 aliphatic rings. The van der Waals surface area contributed by atoms with E-state index in [0.717, 1.165) is 54.0 Å². The number of hydrogen-bond acceptors (Lipinski definition) is 4. The van der Waals surface area contributed by atoms with Gasteiger partial charge in [0, 0.05) is 24.1 Å². The highest BCUT2D eigenvalue weighted by molar-refractivity contribution is 5.98. The van der Waals surface area contributed by atoms with Gasteiger partial charge in [-0.25, -0.2) is 4.79 Å². The van der Waals surface area contributed by atoms with Crippen molar-refractivity contribution < 1.29 is 24.2 Å². The quantitative estimate of drug-likeness (QED) is 0.818. The molecule has 0 aromatic heterocycles. The van der Waals surface area contributed by atoms with E-state index in [9.17, 15) is 14.7 Å². The number of fused-ring (bicyclic) bond motifs is 3. The Balaban J connectivity index is 1.38. The first kappa shape index (κ1) is 19.0. The fraction of sp³-hybridized carbons (Fsp3) is 0.417. The van der Waals surface area contributed by atoms with Gasteiger partial charge in [0.05, 0.1) is 5.56 Å². The molecule has 2 aromatic carbocycles. The van der Waals surface area contributed by atoms with Crippen LogP contribution in [0.15, 0.2) is 36.4 Å². The molecule has 30 heavy (non-hydrogen) atoms. The SMILES string of the molecule is O=C(O)c1ccc2c(c1)C1(CCCCC1)CN2C(=O)CCc1ccc2c(c1)OCO2. The number of benzene rings is 2. The zero-order valence-corrected chi connectivity index (χ0v) is 16.9. The number of nitrogens with zero attached hydrogens (tertiary/aromatic N) is 1. The van der Waals surface area contributed by atoms with Crippen LogP contribution in [-0.4, -0.2) is 30.3 Å². The Morgan fingerprint density at radius 1 is 1.00 bits per heavy atom. The predicted octanol–water partition coefficient (Wildman–Crippen LogP) is 4.29. The Kier molecular flexibility index (Phi) is 4.65. The number of ether oxygens (including phenoxy) is 2. The number of aromatic carboxylic acids is 1. The van der Waals surface area contributed by atoms with Crippen LogP contribution < -0.4 is 14.4 Å². The average molecular weight is 407 g/mol. The van der Waals surface area contributed by atoms with Crippen molar-refractivity contribution in [3.8, 4) is 11.5 Å². The van der Waals surface area contributed by atoms with Gasteiger partial charge in [-0.15, -0.1) is 0 Å². The number of anilines is 1. The highest BCUT2D eigenvalue weighted by atomic mass is 16.7. The number of hydrogen-bond donors (Lipinski definition) is 1. The molecule has 1 N–H and O–H groups in total. The lowest BCUT2D eigenvalue weighted by molar-refractivity contribution is -0.118. The Hall–Kier alpha value is -3.02. The van der Waals surface area contributed by atoms with Crippen LogP contribution in [0, 0.1) is 0 Å². The molecule has 0 radical (unpaired) electrons. The standard InChI is InChI=1S/C24H25NO5/c26-22(9-5-16-4-8-20-21(12-16)30-15-29-20)25-14-24(10-2-1-3-11-24)18-13-17(23(27)28)6-7-19(18)25/h4,6-8,12-13H,1-3,5,9-11,14-15H2,(H,27,28). The molecule has 5 rings (SSSR count). The molecule has 2 heterocycles. The molecule has 1 spiro atoms. The van der Waals surface area contributed by atoms with Crippen molar-refractivity contribution in [1.82, 2.24) is 0 Å². The lowest BCUT2D eigenvalue weighted by Crippen LogP contribution is -2.38. The summed E-state index contributed by atoms with van der Waals surface area (Å²) in [5.41, 5.74) is 3.16. The molecular weight excluding hydrogens is 382 g/mol. The number of carboxylic acids is 1. The van der Waals surface area contributed by atoms with Crippen molar-refractivity contribution in [2.45, 2.75) is 50.4 Å². The highest BCUT2D eigenvalue weighted by Crippen LogP contribution is 2.49. The first-order valence-electron chi connectivity index (χ1n) is 10.6. The molecule has 0 atom stereocenters. The summed E-state index contributed by atoms with van der Waals surface area (Å²) in [6.07, 6.45) is 6.49. The zero-order chi connectivity index (χ0) is 20.7. The number of aryl methyl sites for hydroxylation is 1. The lowest BCUT2D eigenvalue weighted by Gasteiger charge is -2.34. The van der Waals surface area contributed by atoms with Crippen molar-refractivity contribution in [2.24, 2.45) is 0 Å². The van der Waals surface area contributed by atoms with Gasteiger partial charge in [0.15, 0.2) is 11.5 Å². The smallest absolute Gasteiger partial charge is 0.335 e. The molecule has 6 nitrogen and oxygen atoms in total. The van der Waals surface area contributed by atoms with E-state index in [0.29, 0.717) is 24.9 Å². The van der Waals surface area contributed by atoms with Crippen LogP contribution in [0.2, 0.25) is 0 Å². The third-order valence-electron chi connectivity index (χ3n) is 6.74. The monoisotopic (exact) mass is 407 g/mol. The maximum atomic E-state index is 13.2. The Morgan fingerprint density at radius 3 is 2.60 bits per heavy atom. The number of rotatable bonds is 4. The number of carboxylic acid groups (broad SMARTS) is 1. The predicted molar refractivity (Wildman–Crippen MR) is 111 cm³/mol. The molecule has 2 aliphatic heterocycles. The van der Waals surface area contributed by atoms with Crippen LogP contribution in [0.3, 0.4) is 0 Å². The Bertz CT molecular complexity index is 1010. The van der Waals surface area contributed by atoms with E-state index in [1.54, 1.807) is 12.1 Å². The second-order valence-electron chi connectivity index (χ2n) is 8.55. The van der Waals surface area contributed by atoms with E-state index in [1.165, 1.54) is 6.42 Å². The van der Waals surface area contributed by atoms with Crippen molar-refractivity contribution in [1.29, 1.82) is 0 Å². The van der Waals surface area contributed by atoms with Gasteiger partial charge in [-0.05, 0) is 60.7 Å². The molecule has 1 amide bonds. The molecule has 1 aliphatic carbocycles. The van der Waals surface area contributed by atoms with Crippen molar-refractivity contribution >= 4 is 17.6 Å². The van der Waals surface area contributed by atoms with Crippen molar-refractivity contribution in [3.63, 3.8) is 0 Å². The summed E-state index contributed by atoms with van der Waals surface area (Å²) in [5, 5.41) is 9.46. The minimum atomic E-state index is -0.920. The van der Waals surface area contributed by atoms with Crippen molar-refractivity contribution in [2.75, 3.05) is 18.2 Å². The van der Waals surface area contributed by atoms with E-state index in [2.05, 4.69) is 0 Å². The maximum Gasteiger partial charge on any atom is 0.335 e. The van der Waals surface area contributed by atoms with Gasteiger partial charge in [-0.1, -0.05) is 25.3 Å². The largest absolute Gasteiger partial charge is 0.478 e. The van der Waals surface area contributed by atoms with Crippen LogP contribution >= 0.6 is 0 Å². The van der Waals surface area contributed by atoms with Gasteiger partial charge in [-0.3, -0.25) is 4.79 Å². The van der Waals surface area contributed by atoms with Gasteiger partial charge in [0.25, 0.3) is 0 Å². The third-order valence-corrected chi connectivity index (χ3v) is 6.74. The fourth-order valence-electron chi connectivity index (χ4n) is 5.16. The topological polar surface area (TPSA) is 76.1 Å². The van der Waals surface area contributed by atoms with E-state index in [1.807, 2.05) is 29.2 Å². The van der Waals surface area contributed by atoms with E-state index >= 15 is 0 Å². The third kappa shape index (κ3) is 3.20. The second-order valence-corrected chi connectivity index (χ2v) is 8.55. The van der Waals surface area contributed by atoms with Gasteiger partial charge >= 0.3 is 5.97 Å². The molecule has 1 saturated carbocycles. The number of carbonyl (C=O) groups is 2. The van der Waals surface area contributed by atoms with E-state index in [4.69, 9.17) is 9.47 Å². The minimum Gasteiger partial charge on any atom is -0.478 e. The van der Waals surface area contributed by atoms with Crippen LogP contribution in [0.25, 0.3) is 0 Å². The summed E-state index contributed by atoms with van der Waals surface area (Å²) >= 11 is 0. The molecule has 0 unspecified atom stereocenters. The van der Waals surface area contributed by atoms with Crippen LogP contribution in [0.5, 0.6) is 11.5 Å². The highest BCUT2D eigenvalue weighted by Gasteiger charge is 2.45. The van der Waals surface area contributed by atoms with Gasteiger partial charge < -0.3 is 19.5 Å². The van der Waals surface area contributed by atoms with Crippen molar-refractivity contribution in [3.05, 3.63) is 53.1 Å². The average Bonchev–Trinajstić information content (AvgIpc) is 3.35. The summed E-state index contributed by atoms with van der Waals surface area (Å²) in [6, 6.07) is 11.0. The van der Waals surface area contributed by atoms with Crippen LogP contribution in [-0.2, 0) is 16.6 Å². The zero-order valence-electron chi connectivity index (χ0n) is 16.9. The van der Waals surface area contributed by atoms with Crippen LogP contribution in [0.4, 0.5) is 5.69 Å². The minimum absolute atomic E-state index is 0.0828. The molecular formula is C24H25NO5. The van der Waals surface area contributed by atoms with Gasteiger partial charge in [0.1, 0.15) is 0 Å². The van der Waals surface area contributed by atoms with E-state index < -0.39 is 5.97 Å². The van der Waals surface area contributed by atoms with Gasteiger partial charge in [0.2, 0.25) is 12.7 Å².